The monoisotopic (exact) mass is 498 g/mol. The Morgan fingerprint density at radius 2 is 1.31 bits per heavy atom. The van der Waals surface area contributed by atoms with Gasteiger partial charge in [0.2, 0.25) is 0 Å². The minimum Gasteiger partial charge on any atom is -0.460 e. The SMILES string of the molecule is C=C(C)C(=O)OCCN(O[Si](O[Si](C)(C)C)(O[Si](C)(C)C)O[Si](C)(C)C)C(N)=S. The smallest absolute Gasteiger partial charge is 0.460 e. The summed E-state index contributed by atoms with van der Waals surface area (Å²) in [5, 5.41) is 1.25. The first-order valence-electron chi connectivity index (χ1n) is 9.44. The van der Waals surface area contributed by atoms with Crippen LogP contribution in [-0.4, -0.2) is 63.3 Å². The summed E-state index contributed by atoms with van der Waals surface area (Å²) >= 11 is 5.15. The van der Waals surface area contributed by atoms with Crippen LogP contribution in [0.25, 0.3) is 0 Å². The summed E-state index contributed by atoms with van der Waals surface area (Å²) in [6, 6.07) is 0. The molecule has 0 fully saturated rings. The van der Waals surface area contributed by atoms with Crippen molar-refractivity contribution in [1.29, 1.82) is 0 Å². The molecule has 8 nitrogen and oxygen atoms in total. The van der Waals surface area contributed by atoms with E-state index in [2.05, 4.69) is 6.58 Å². The van der Waals surface area contributed by atoms with E-state index < -0.39 is 40.0 Å². The summed E-state index contributed by atoms with van der Waals surface area (Å²) in [5.41, 5.74) is 6.18. The van der Waals surface area contributed by atoms with Gasteiger partial charge in [0.1, 0.15) is 6.61 Å². The molecule has 0 aromatic heterocycles. The number of hydrogen-bond acceptors (Lipinski definition) is 7. The fraction of sp³-hybridized carbons (Fsp3) is 0.750. The van der Waals surface area contributed by atoms with E-state index in [0.29, 0.717) is 5.57 Å². The van der Waals surface area contributed by atoms with Gasteiger partial charge in [-0.05, 0) is 78.1 Å². The third-order valence-electron chi connectivity index (χ3n) is 2.64. The molecule has 0 aromatic rings. The van der Waals surface area contributed by atoms with E-state index >= 15 is 0 Å². The zero-order valence-electron chi connectivity index (χ0n) is 19.5. The number of hydrogen-bond donors (Lipinski definition) is 1. The van der Waals surface area contributed by atoms with E-state index in [0.717, 1.165) is 0 Å². The van der Waals surface area contributed by atoms with E-state index in [1.54, 1.807) is 6.92 Å². The predicted molar refractivity (Wildman–Crippen MR) is 129 cm³/mol. The second-order valence-electron chi connectivity index (χ2n) is 9.59. The van der Waals surface area contributed by atoms with Gasteiger partial charge in [-0.2, -0.15) is 0 Å². The predicted octanol–water partition coefficient (Wildman–Crippen LogP) is 3.57. The van der Waals surface area contributed by atoms with Gasteiger partial charge >= 0.3 is 15.0 Å². The number of esters is 1. The molecule has 0 aromatic carbocycles. The molecular weight excluding hydrogens is 461 g/mol. The van der Waals surface area contributed by atoms with E-state index in [-0.39, 0.29) is 18.3 Å². The first-order chi connectivity index (χ1) is 12.8. The zero-order valence-corrected chi connectivity index (χ0v) is 24.3. The molecule has 0 saturated carbocycles. The maximum atomic E-state index is 11.6. The van der Waals surface area contributed by atoms with Gasteiger partial charge in [-0.25, -0.2) is 14.4 Å². The van der Waals surface area contributed by atoms with Crippen LogP contribution in [0.2, 0.25) is 58.9 Å². The van der Waals surface area contributed by atoms with E-state index in [4.69, 9.17) is 39.6 Å². The average Bonchev–Trinajstić information content (AvgIpc) is 2.39. The maximum absolute atomic E-state index is 11.6. The van der Waals surface area contributed by atoms with Crippen LogP contribution in [0.5, 0.6) is 0 Å². The number of nitrogens with zero attached hydrogens (tertiary/aromatic N) is 1. The number of ether oxygens (including phenoxy) is 1. The van der Waals surface area contributed by atoms with Crippen LogP contribution in [0, 0.1) is 0 Å². The number of thiocarbonyl (C=S) groups is 1. The molecule has 2 N–H and O–H groups in total. The summed E-state index contributed by atoms with van der Waals surface area (Å²) in [5.74, 6) is -0.494. The van der Waals surface area contributed by atoms with E-state index in [9.17, 15) is 4.79 Å². The Kier molecular flexibility index (Phi) is 10.6. The number of nitrogens with two attached hydrogens (primary N) is 1. The maximum Gasteiger partial charge on any atom is 0.670 e. The summed E-state index contributed by atoms with van der Waals surface area (Å²) in [4.78, 5) is 11.6. The van der Waals surface area contributed by atoms with Gasteiger partial charge in [-0.1, -0.05) is 6.58 Å². The van der Waals surface area contributed by atoms with Gasteiger partial charge < -0.3 is 22.8 Å². The Hall–Kier alpha value is -0.392. The lowest BCUT2D eigenvalue weighted by Gasteiger charge is -2.42. The summed E-state index contributed by atoms with van der Waals surface area (Å²) < 4.78 is 30.6. The lowest BCUT2D eigenvalue weighted by molar-refractivity contribution is -0.141. The standard InChI is InChI=1S/C16H38N2O6SSi4/c1-14(2)15(19)20-13-12-18(16(17)25)21-29(22-26(3,4)5,23-27(6,7)8)24-28(9,10)11/h1,12-13H2,2-11H3,(H2,17,25). The van der Waals surface area contributed by atoms with Gasteiger partial charge in [-0.15, -0.1) is 0 Å². The number of carbonyl (C=O) groups excluding carboxylic acids is 1. The zero-order chi connectivity index (χ0) is 23.3. The van der Waals surface area contributed by atoms with Crippen molar-refractivity contribution in [3.63, 3.8) is 0 Å². The highest BCUT2D eigenvalue weighted by Gasteiger charge is 2.56. The summed E-state index contributed by atoms with van der Waals surface area (Å²) in [6.07, 6.45) is 0. The second kappa shape index (κ2) is 10.8. The van der Waals surface area contributed by atoms with Crippen molar-refractivity contribution in [2.45, 2.75) is 65.8 Å². The molecular formula is C16H38N2O6SSi4. The van der Waals surface area contributed by atoms with E-state index in [1.807, 2.05) is 58.9 Å². The van der Waals surface area contributed by atoms with Crippen LogP contribution in [0.1, 0.15) is 6.92 Å². The van der Waals surface area contributed by atoms with Crippen LogP contribution in [0.3, 0.4) is 0 Å². The second-order valence-corrected chi connectivity index (χ2v) is 26.3. The fourth-order valence-corrected chi connectivity index (χ4v) is 13.7. The minimum atomic E-state index is -3.64. The van der Waals surface area contributed by atoms with E-state index in [1.165, 1.54) is 5.06 Å². The van der Waals surface area contributed by atoms with Gasteiger partial charge in [0, 0.05) is 5.57 Å². The average molecular weight is 499 g/mol. The molecule has 0 heterocycles. The fourth-order valence-electron chi connectivity index (χ4n) is 1.92. The first kappa shape index (κ1) is 28.6. The molecule has 0 aliphatic carbocycles. The third kappa shape index (κ3) is 13.5. The lowest BCUT2D eigenvalue weighted by atomic mass is 10.4. The van der Waals surface area contributed by atoms with Crippen molar-refractivity contribution in [1.82, 2.24) is 5.06 Å². The largest absolute Gasteiger partial charge is 0.670 e. The molecule has 13 heteroatoms. The van der Waals surface area contributed by atoms with Crippen molar-refractivity contribution >= 4 is 57.3 Å². The summed E-state index contributed by atoms with van der Waals surface area (Å²) in [6.45, 7) is 23.6. The highest BCUT2D eigenvalue weighted by atomic mass is 32.1. The lowest BCUT2D eigenvalue weighted by Crippen LogP contribution is -2.65. The van der Waals surface area contributed by atoms with Crippen LogP contribution in [0.15, 0.2) is 12.2 Å². The van der Waals surface area contributed by atoms with Crippen molar-refractivity contribution in [2.24, 2.45) is 5.73 Å². The Balaban J connectivity index is 5.81. The molecule has 0 spiro atoms. The third-order valence-corrected chi connectivity index (χ3v) is 13.6. The molecule has 0 aliphatic rings. The molecule has 0 atom stereocenters. The molecule has 0 unspecified atom stereocenters. The topological polar surface area (TPSA) is 92.5 Å². The molecule has 0 amide bonds. The Bertz CT molecular complexity index is 561. The number of hydroxylamine groups is 2. The van der Waals surface area contributed by atoms with Crippen LogP contribution in [0.4, 0.5) is 0 Å². The van der Waals surface area contributed by atoms with Crippen molar-refractivity contribution in [3.8, 4) is 0 Å². The molecule has 0 saturated heterocycles. The van der Waals surface area contributed by atoms with Gasteiger partial charge in [0.05, 0.1) is 6.54 Å². The number of rotatable bonds is 12. The van der Waals surface area contributed by atoms with Gasteiger partial charge in [-0.3, -0.25) is 0 Å². The molecule has 0 radical (unpaired) electrons. The Labute approximate surface area is 185 Å². The molecule has 170 valence electrons. The first-order valence-corrected chi connectivity index (χ1v) is 21.7. The van der Waals surface area contributed by atoms with Crippen molar-refractivity contribution < 1.29 is 26.4 Å². The molecule has 29 heavy (non-hydrogen) atoms. The van der Waals surface area contributed by atoms with Crippen LogP contribution < -0.4 is 5.73 Å². The van der Waals surface area contributed by atoms with Crippen molar-refractivity contribution in [2.75, 3.05) is 13.2 Å². The minimum absolute atomic E-state index is 0.0142. The van der Waals surface area contributed by atoms with Gasteiger partial charge in [0.25, 0.3) is 0 Å². The summed E-state index contributed by atoms with van der Waals surface area (Å²) in [7, 11) is -10.0. The number of carbonyl (C=O) groups is 1. The molecule has 0 rings (SSSR count). The molecule has 0 bridgehead atoms. The highest BCUT2D eigenvalue weighted by molar-refractivity contribution is 7.80. The quantitative estimate of drug-likeness (QED) is 0.142. The van der Waals surface area contributed by atoms with Crippen molar-refractivity contribution in [3.05, 3.63) is 12.2 Å². The Morgan fingerprint density at radius 3 is 1.59 bits per heavy atom. The normalized spacial score (nSPS) is 13.2. The Morgan fingerprint density at radius 1 is 0.931 bits per heavy atom. The molecule has 0 aliphatic heterocycles. The van der Waals surface area contributed by atoms with Crippen LogP contribution in [-0.2, 0) is 26.4 Å². The highest BCUT2D eigenvalue weighted by Crippen LogP contribution is 2.27. The van der Waals surface area contributed by atoms with Gasteiger partial charge in [0.15, 0.2) is 30.1 Å². The van der Waals surface area contributed by atoms with Crippen LogP contribution >= 0.6 is 12.2 Å².